The quantitative estimate of drug-likeness (QED) is 0.822. The van der Waals surface area contributed by atoms with E-state index in [1.54, 1.807) is 29.3 Å². The van der Waals surface area contributed by atoms with E-state index in [-0.39, 0.29) is 10.3 Å². The van der Waals surface area contributed by atoms with Crippen molar-refractivity contribution < 1.29 is 4.74 Å². The van der Waals surface area contributed by atoms with Gasteiger partial charge in [0.2, 0.25) is 0 Å². The highest BCUT2D eigenvalue weighted by Crippen LogP contribution is 2.50. The SMILES string of the molecule is CC#Cc1cncc(-c2csc(C3(C)CC4(COC4)SC(N)=N3)c2)c1. The standard InChI is InChI=1S/C19H19N3OS2/c1-3-4-13-5-14(8-21-7-13)15-6-16(24-9-15)18(2)10-19(11-23-12-19)25-17(20)22-18/h5-9H,10-12H2,1-2H3,(H2,20,22). The molecule has 2 N–H and O–H groups in total. The Balaban J connectivity index is 1.67. The number of amidine groups is 1. The zero-order chi connectivity index (χ0) is 17.5. The molecule has 1 spiro atoms. The van der Waals surface area contributed by atoms with Crippen molar-refractivity contribution in [3.63, 3.8) is 0 Å². The van der Waals surface area contributed by atoms with E-state index in [2.05, 4.69) is 41.3 Å². The van der Waals surface area contributed by atoms with Crippen LogP contribution < -0.4 is 5.73 Å². The molecule has 1 fully saturated rings. The van der Waals surface area contributed by atoms with Gasteiger partial charge in [0.15, 0.2) is 5.17 Å². The fourth-order valence-corrected chi connectivity index (χ4v) is 5.76. The summed E-state index contributed by atoms with van der Waals surface area (Å²) in [6.07, 6.45) is 4.62. The number of aromatic nitrogens is 1. The van der Waals surface area contributed by atoms with E-state index in [1.807, 2.05) is 13.1 Å². The van der Waals surface area contributed by atoms with E-state index in [1.165, 1.54) is 4.88 Å². The van der Waals surface area contributed by atoms with Gasteiger partial charge in [0, 0.05) is 28.4 Å². The summed E-state index contributed by atoms with van der Waals surface area (Å²) in [5.41, 5.74) is 9.01. The molecule has 0 radical (unpaired) electrons. The number of hydrogen-bond donors (Lipinski definition) is 1. The van der Waals surface area contributed by atoms with Gasteiger partial charge in [0.25, 0.3) is 0 Å². The van der Waals surface area contributed by atoms with Crippen molar-refractivity contribution >= 4 is 28.3 Å². The Bertz CT molecular complexity index is 905. The summed E-state index contributed by atoms with van der Waals surface area (Å²) in [4.78, 5) is 10.3. The van der Waals surface area contributed by atoms with Crippen LogP contribution in [0, 0.1) is 11.8 Å². The number of nitrogens with two attached hydrogens (primary N) is 1. The van der Waals surface area contributed by atoms with Gasteiger partial charge in [-0.1, -0.05) is 17.7 Å². The number of ether oxygens (including phenoxy) is 1. The van der Waals surface area contributed by atoms with Crippen molar-refractivity contribution in [2.75, 3.05) is 13.2 Å². The molecule has 4 heterocycles. The highest BCUT2D eigenvalue weighted by atomic mass is 32.2. The molecule has 2 aliphatic heterocycles. The highest BCUT2D eigenvalue weighted by Gasteiger charge is 2.50. The molecule has 6 heteroatoms. The lowest BCUT2D eigenvalue weighted by atomic mass is 9.85. The van der Waals surface area contributed by atoms with Crippen LogP contribution in [0.1, 0.15) is 30.7 Å². The van der Waals surface area contributed by atoms with Gasteiger partial charge in [-0.3, -0.25) is 9.98 Å². The first-order valence-electron chi connectivity index (χ1n) is 8.11. The maximum atomic E-state index is 6.14. The number of thiophene rings is 1. The molecular formula is C19H19N3OS2. The van der Waals surface area contributed by atoms with Crippen LogP contribution in [0.25, 0.3) is 11.1 Å². The summed E-state index contributed by atoms with van der Waals surface area (Å²) in [6, 6.07) is 4.29. The third-order valence-electron chi connectivity index (χ3n) is 4.55. The van der Waals surface area contributed by atoms with Gasteiger partial charge in [-0.2, -0.15) is 0 Å². The van der Waals surface area contributed by atoms with Gasteiger partial charge in [0.1, 0.15) is 0 Å². The zero-order valence-electron chi connectivity index (χ0n) is 14.2. The van der Waals surface area contributed by atoms with Crippen LogP contribution >= 0.6 is 23.1 Å². The molecule has 0 aromatic carbocycles. The largest absolute Gasteiger partial charge is 0.378 e. The third-order valence-corrected chi connectivity index (χ3v) is 6.84. The minimum Gasteiger partial charge on any atom is -0.378 e. The molecule has 0 amide bonds. The molecule has 4 nitrogen and oxygen atoms in total. The van der Waals surface area contributed by atoms with E-state index >= 15 is 0 Å². The highest BCUT2D eigenvalue weighted by molar-refractivity contribution is 8.15. The number of pyridine rings is 1. The average Bonchev–Trinajstić information content (AvgIpc) is 3.04. The van der Waals surface area contributed by atoms with Crippen LogP contribution in [0.5, 0.6) is 0 Å². The van der Waals surface area contributed by atoms with Crippen LogP contribution in [0.3, 0.4) is 0 Å². The van der Waals surface area contributed by atoms with Crippen LogP contribution in [0.15, 0.2) is 34.9 Å². The predicted octanol–water partition coefficient (Wildman–Crippen LogP) is 3.62. The Labute approximate surface area is 155 Å². The Morgan fingerprint density at radius 2 is 2.08 bits per heavy atom. The molecular weight excluding hydrogens is 350 g/mol. The third kappa shape index (κ3) is 3.08. The molecule has 2 aromatic heterocycles. The Morgan fingerprint density at radius 3 is 2.80 bits per heavy atom. The predicted molar refractivity (Wildman–Crippen MR) is 105 cm³/mol. The van der Waals surface area contributed by atoms with Gasteiger partial charge in [-0.25, -0.2) is 0 Å². The number of hydrogen-bond acceptors (Lipinski definition) is 6. The van der Waals surface area contributed by atoms with E-state index in [0.29, 0.717) is 5.17 Å². The minimum atomic E-state index is -0.295. The van der Waals surface area contributed by atoms with Crippen molar-refractivity contribution in [3.05, 3.63) is 40.3 Å². The summed E-state index contributed by atoms with van der Waals surface area (Å²) in [5, 5.41) is 2.83. The summed E-state index contributed by atoms with van der Waals surface area (Å²) < 4.78 is 5.54. The molecule has 0 bridgehead atoms. The van der Waals surface area contributed by atoms with Crippen LogP contribution in [-0.2, 0) is 10.3 Å². The molecule has 1 atom stereocenters. The number of aliphatic imine (C=N–C) groups is 1. The van der Waals surface area contributed by atoms with Gasteiger partial charge < -0.3 is 10.5 Å². The Morgan fingerprint density at radius 1 is 1.24 bits per heavy atom. The first-order valence-corrected chi connectivity index (χ1v) is 9.81. The fraction of sp³-hybridized carbons (Fsp3) is 0.368. The molecule has 2 aliphatic rings. The molecule has 4 rings (SSSR count). The van der Waals surface area contributed by atoms with Crippen LogP contribution in [0.4, 0.5) is 0 Å². The summed E-state index contributed by atoms with van der Waals surface area (Å²) in [5.74, 6) is 5.98. The van der Waals surface area contributed by atoms with Gasteiger partial charge in [-0.05, 0) is 43.3 Å². The van der Waals surface area contributed by atoms with E-state index in [9.17, 15) is 0 Å². The van der Waals surface area contributed by atoms with Gasteiger partial charge in [0.05, 0.1) is 23.5 Å². The number of thioether (sulfide) groups is 1. The summed E-state index contributed by atoms with van der Waals surface area (Å²) in [6.45, 7) is 5.51. The molecule has 1 saturated heterocycles. The molecule has 128 valence electrons. The maximum absolute atomic E-state index is 6.14. The molecule has 0 aliphatic carbocycles. The first-order chi connectivity index (χ1) is 12.0. The average molecular weight is 370 g/mol. The van der Waals surface area contributed by atoms with Gasteiger partial charge >= 0.3 is 0 Å². The second-order valence-electron chi connectivity index (χ2n) is 6.72. The lowest BCUT2D eigenvalue weighted by Gasteiger charge is -2.47. The van der Waals surface area contributed by atoms with Crippen LogP contribution in [-0.4, -0.2) is 28.1 Å². The van der Waals surface area contributed by atoms with Crippen LogP contribution in [0.2, 0.25) is 0 Å². The molecule has 1 unspecified atom stereocenters. The number of nitrogens with zero attached hydrogens (tertiary/aromatic N) is 2. The molecule has 25 heavy (non-hydrogen) atoms. The van der Waals surface area contributed by atoms with Crippen molar-refractivity contribution in [3.8, 4) is 23.0 Å². The topological polar surface area (TPSA) is 60.5 Å². The summed E-state index contributed by atoms with van der Waals surface area (Å²) in [7, 11) is 0. The van der Waals surface area contributed by atoms with E-state index in [0.717, 1.165) is 36.3 Å². The smallest absolute Gasteiger partial charge is 0.155 e. The minimum absolute atomic E-state index is 0.0862. The maximum Gasteiger partial charge on any atom is 0.155 e. The van der Waals surface area contributed by atoms with Gasteiger partial charge in [-0.15, -0.1) is 17.3 Å². The number of rotatable bonds is 2. The van der Waals surface area contributed by atoms with Crippen molar-refractivity contribution in [2.45, 2.75) is 30.6 Å². The normalized spacial score (nSPS) is 24.2. The summed E-state index contributed by atoms with van der Waals surface area (Å²) >= 11 is 3.40. The molecule has 2 aromatic rings. The van der Waals surface area contributed by atoms with Crippen molar-refractivity contribution in [1.29, 1.82) is 0 Å². The van der Waals surface area contributed by atoms with E-state index < -0.39 is 0 Å². The lowest BCUT2D eigenvalue weighted by molar-refractivity contribution is -0.0207. The fourth-order valence-electron chi connectivity index (χ4n) is 3.40. The van der Waals surface area contributed by atoms with E-state index in [4.69, 9.17) is 15.5 Å². The van der Waals surface area contributed by atoms with Crippen molar-refractivity contribution in [2.24, 2.45) is 10.7 Å². The lowest BCUT2D eigenvalue weighted by Crippen LogP contribution is -2.54. The first kappa shape index (κ1) is 16.6. The second-order valence-corrected chi connectivity index (χ2v) is 9.12. The Kier molecular flexibility index (Phi) is 4.11. The van der Waals surface area contributed by atoms with Crippen molar-refractivity contribution in [1.82, 2.24) is 4.98 Å². The second kappa shape index (κ2) is 6.17. The molecule has 0 saturated carbocycles. The Hall–Kier alpha value is -1.81. The zero-order valence-corrected chi connectivity index (χ0v) is 15.8. The monoisotopic (exact) mass is 369 g/mol.